The van der Waals surface area contributed by atoms with Crippen LogP contribution in [0.15, 0.2) is 30.3 Å². The number of rotatable bonds is 5. The number of benzene rings is 1. The summed E-state index contributed by atoms with van der Waals surface area (Å²) in [7, 11) is 0. The fourth-order valence-corrected chi connectivity index (χ4v) is 2.61. The van der Waals surface area contributed by atoms with Crippen molar-refractivity contribution in [3.63, 3.8) is 0 Å². The van der Waals surface area contributed by atoms with Crippen LogP contribution in [-0.2, 0) is 5.41 Å². The largest absolute Gasteiger partial charge is 0.197 e. The quantitative estimate of drug-likeness (QED) is 0.677. The van der Waals surface area contributed by atoms with Gasteiger partial charge in [0.2, 0.25) is 0 Å². The Morgan fingerprint density at radius 3 is 2.69 bits per heavy atom. The van der Waals surface area contributed by atoms with Crippen LogP contribution in [0.2, 0.25) is 0 Å². The summed E-state index contributed by atoms with van der Waals surface area (Å²) in [6.07, 6.45) is 6.12. The van der Waals surface area contributed by atoms with Crippen molar-refractivity contribution in [1.29, 1.82) is 5.26 Å². The summed E-state index contributed by atoms with van der Waals surface area (Å²) >= 11 is 0. The molecule has 1 heteroatoms. The molecule has 1 aromatic rings. The van der Waals surface area contributed by atoms with E-state index in [4.69, 9.17) is 0 Å². The fourth-order valence-electron chi connectivity index (χ4n) is 2.61. The molecule has 0 saturated heterocycles. The molecule has 1 aliphatic carbocycles. The van der Waals surface area contributed by atoms with Crippen LogP contribution in [-0.4, -0.2) is 0 Å². The molecule has 16 heavy (non-hydrogen) atoms. The lowest BCUT2D eigenvalue weighted by Gasteiger charge is -2.08. The Labute approximate surface area is 98.1 Å². The van der Waals surface area contributed by atoms with Gasteiger partial charge in [-0.1, -0.05) is 56.5 Å². The van der Waals surface area contributed by atoms with Crippen molar-refractivity contribution in [2.45, 2.75) is 44.4 Å². The van der Waals surface area contributed by atoms with E-state index in [9.17, 15) is 5.26 Å². The molecule has 0 aliphatic heterocycles. The number of unbranched alkanes of at least 4 members (excludes halogenated alkanes) is 2. The van der Waals surface area contributed by atoms with Gasteiger partial charge in [-0.15, -0.1) is 0 Å². The summed E-state index contributed by atoms with van der Waals surface area (Å²) in [5.74, 6) is 0.603. The molecule has 0 radical (unpaired) electrons. The highest BCUT2D eigenvalue weighted by Gasteiger charge is 2.55. The van der Waals surface area contributed by atoms with Gasteiger partial charge < -0.3 is 0 Å². The van der Waals surface area contributed by atoms with Crippen molar-refractivity contribution in [2.24, 2.45) is 5.92 Å². The maximum atomic E-state index is 9.39. The van der Waals surface area contributed by atoms with Crippen LogP contribution in [0.25, 0.3) is 0 Å². The molecule has 1 nitrogen and oxygen atoms in total. The van der Waals surface area contributed by atoms with E-state index in [2.05, 4.69) is 25.1 Å². The van der Waals surface area contributed by atoms with Gasteiger partial charge in [-0.3, -0.25) is 0 Å². The monoisotopic (exact) mass is 213 g/mol. The van der Waals surface area contributed by atoms with Crippen LogP contribution in [0, 0.1) is 17.2 Å². The van der Waals surface area contributed by atoms with E-state index in [1.807, 2.05) is 18.2 Å². The van der Waals surface area contributed by atoms with E-state index in [0.29, 0.717) is 5.92 Å². The topological polar surface area (TPSA) is 23.8 Å². The molecule has 0 bridgehead atoms. The van der Waals surface area contributed by atoms with Gasteiger partial charge in [0.1, 0.15) is 0 Å². The van der Waals surface area contributed by atoms with Crippen molar-refractivity contribution in [3.05, 3.63) is 35.9 Å². The number of nitrogens with zero attached hydrogens (tertiary/aromatic N) is 1. The van der Waals surface area contributed by atoms with E-state index in [1.54, 1.807) is 0 Å². The third-order valence-electron chi connectivity index (χ3n) is 3.75. The molecule has 1 aliphatic rings. The number of hydrogen-bond donors (Lipinski definition) is 0. The van der Waals surface area contributed by atoms with Crippen LogP contribution in [0.4, 0.5) is 0 Å². The molecule has 2 atom stereocenters. The predicted octanol–water partition coefficient (Wildman–Crippen LogP) is 4.05. The Morgan fingerprint density at radius 1 is 1.31 bits per heavy atom. The van der Waals surface area contributed by atoms with Gasteiger partial charge in [-0.05, 0) is 24.3 Å². The second-order valence-corrected chi connectivity index (χ2v) is 4.85. The minimum absolute atomic E-state index is 0.144. The van der Waals surface area contributed by atoms with E-state index >= 15 is 0 Å². The zero-order valence-corrected chi connectivity index (χ0v) is 9.95. The van der Waals surface area contributed by atoms with Crippen molar-refractivity contribution in [3.8, 4) is 6.07 Å². The van der Waals surface area contributed by atoms with Gasteiger partial charge in [-0.2, -0.15) is 5.26 Å². The van der Waals surface area contributed by atoms with Crippen LogP contribution in [0.5, 0.6) is 0 Å². The van der Waals surface area contributed by atoms with E-state index in [0.717, 1.165) is 6.42 Å². The highest BCUT2D eigenvalue weighted by molar-refractivity contribution is 5.41. The van der Waals surface area contributed by atoms with Crippen molar-refractivity contribution >= 4 is 0 Å². The summed E-state index contributed by atoms with van der Waals surface area (Å²) < 4.78 is 0. The van der Waals surface area contributed by atoms with E-state index in [-0.39, 0.29) is 5.41 Å². The van der Waals surface area contributed by atoms with Crippen LogP contribution >= 0.6 is 0 Å². The second kappa shape index (κ2) is 4.70. The summed E-state index contributed by atoms with van der Waals surface area (Å²) in [6, 6.07) is 12.8. The molecule has 1 fully saturated rings. The molecule has 1 saturated carbocycles. The van der Waals surface area contributed by atoms with Gasteiger partial charge >= 0.3 is 0 Å². The first-order valence-electron chi connectivity index (χ1n) is 6.30. The summed E-state index contributed by atoms with van der Waals surface area (Å²) in [5.41, 5.74) is 1.08. The van der Waals surface area contributed by atoms with E-state index < -0.39 is 0 Å². The molecule has 2 unspecified atom stereocenters. The Balaban J connectivity index is 2.01. The highest BCUT2D eigenvalue weighted by Crippen LogP contribution is 2.56. The third kappa shape index (κ3) is 1.97. The predicted molar refractivity (Wildman–Crippen MR) is 66.0 cm³/mol. The van der Waals surface area contributed by atoms with Crippen LogP contribution in [0.3, 0.4) is 0 Å². The fraction of sp³-hybridized carbons (Fsp3) is 0.533. The minimum atomic E-state index is -0.144. The normalized spacial score (nSPS) is 27.4. The maximum Gasteiger partial charge on any atom is 0.0854 e. The third-order valence-corrected chi connectivity index (χ3v) is 3.75. The van der Waals surface area contributed by atoms with Gasteiger partial charge in [-0.25, -0.2) is 0 Å². The van der Waals surface area contributed by atoms with Gasteiger partial charge in [0.05, 0.1) is 11.5 Å². The molecule has 0 N–H and O–H groups in total. The molecular formula is C15H19N. The van der Waals surface area contributed by atoms with Crippen LogP contribution < -0.4 is 0 Å². The molecular weight excluding hydrogens is 194 g/mol. The summed E-state index contributed by atoms with van der Waals surface area (Å²) in [6.45, 7) is 2.22. The smallest absolute Gasteiger partial charge is 0.0854 e. The van der Waals surface area contributed by atoms with Crippen molar-refractivity contribution < 1.29 is 0 Å². The first kappa shape index (κ1) is 11.2. The zero-order valence-electron chi connectivity index (χ0n) is 9.95. The maximum absolute atomic E-state index is 9.39. The van der Waals surface area contributed by atoms with Crippen molar-refractivity contribution in [1.82, 2.24) is 0 Å². The standard InChI is InChI=1S/C15H19N/c1-2-3-5-10-14-11-15(14,12-16)13-8-6-4-7-9-13/h4,6-9,14H,2-3,5,10-11H2,1H3. The first-order chi connectivity index (χ1) is 7.83. The lowest BCUT2D eigenvalue weighted by atomic mass is 9.93. The molecule has 0 aromatic heterocycles. The lowest BCUT2D eigenvalue weighted by Crippen LogP contribution is -2.06. The first-order valence-corrected chi connectivity index (χ1v) is 6.30. The van der Waals surface area contributed by atoms with Crippen molar-refractivity contribution in [2.75, 3.05) is 0 Å². The van der Waals surface area contributed by atoms with Crippen LogP contribution in [0.1, 0.15) is 44.6 Å². The second-order valence-electron chi connectivity index (χ2n) is 4.85. The summed E-state index contributed by atoms with van der Waals surface area (Å²) in [5, 5.41) is 9.39. The number of hydrogen-bond acceptors (Lipinski definition) is 1. The van der Waals surface area contributed by atoms with Gasteiger partial charge in [0, 0.05) is 0 Å². The molecule has 0 heterocycles. The molecule has 0 spiro atoms. The lowest BCUT2D eigenvalue weighted by molar-refractivity contribution is 0.587. The van der Waals surface area contributed by atoms with Gasteiger partial charge in [0.15, 0.2) is 0 Å². The average molecular weight is 213 g/mol. The molecule has 2 rings (SSSR count). The molecule has 1 aromatic carbocycles. The Kier molecular flexibility index (Phi) is 3.29. The number of nitriles is 1. The van der Waals surface area contributed by atoms with Gasteiger partial charge in [0.25, 0.3) is 0 Å². The Bertz CT molecular complexity index is 376. The highest BCUT2D eigenvalue weighted by atomic mass is 14.6. The zero-order chi connectivity index (χ0) is 11.4. The molecule has 0 amide bonds. The Morgan fingerprint density at radius 2 is 2.06 bits per heavy atom. The van der Waals surface area contributed by atoms with E-state index in [1.165, 1.54) is 31.2 Å². The SMILES string of the molecule is CCCCCC1CC1(C#N)c1ccccc1. The Hall–Kier alpha value is -1.29. The molecule has 84 valence electrons. The summed E-state index contributed by atoms with van der Waals surface area (Å²) in [4.78, 5) is 0. The minimum Gasteiger partial charge on any atom is -0.197 e. The average Bonchev–Trinajstić information content (AvgIpc) is 3.06.